The van der Waals surface area contributed by atoms with Gasteiger partial charge in [0.05, 0.1) is 30.0 Å². The van der Waals surface area contributed by atoms with Crippen LogP contribution in [0, 0.1) is 0 Å². The Bertz CT molecular complexity index is 2080. The predicted molar refractivity (Wildman–Crippen MR) is 208 cm³/mol. The molecule has 51 heavy (non-hydrogen) atoms. The van der Waals surface area contributed by atoms with Gasteiger partial charge in [-0.3, -0.25) is 0 Å². The van der Waals surface area contributed by atoms with Gasteiger partial charge in [-0.05, 0) is 65.6 Å². The summed E-state index contributed by atoms with van der Waals surface area (Å²) in [6.45, 7) is 21.9. The Labute approximate surface area is 304 Å². The molecule has 0 N–H and O–H groups in total. The first-order valence-electron chi connectivity index (χ1n) is 18.0. The molecule has 0 saturated heterocycles. The van der Waals surface area contributed by atoms with Gasteiger partial charge >= 0.3 is 0 Å². The third-order valence-electron chi connectivity index (χ3n) is 9.06. The highest BCUT2D eigenvalue weighted by molar-refractivity contribution is 7.90. The SMILES string of the molecule is CC(C)c1ccc(OCCCc2nc(-c3ccc4ccoc4c3)c(-c3ccnc(S(C)(=O)=O)n3)n2COCC[Si](C)(C)C)c(C(C)C)c1C(C)C. The highest BCUT2D eigenvalue weighted by atomic mass is 32.2. The smallest absolute Gasteiger partial charge is 0.247 e. The van der Waals surface area contributed by atoms with Crippen molar-refractivity contribution in [2.24, 2.45) is 0 Å². The lowest BCUT2D eigenvalue weighted by Gasteiger charge is -2.25. The number of sulfone groups is 1. The molecule has 3 aromatic heterocycles. The van der Waals surface area contributed by atoms with E-state index in [0.29, 0.717) is 60.9 Å². The average Bonchev–Trinajstić information content (AvgIpc) is 3.68. The normalized spacial score (nSPS) is 12.6. The molecule has 11 heteroatoms. The van der Waals surface area contributed by atoms with Crippen molar-refractivity contribution in [2.75, 3.05) is 19.5 Å². The van der Waals surface area contributed by atoms with Crippen molar-refractivity contribution in [3.63, 3.8) is 0 Å². The van der Waals surface area contributed by atoms with Gasteiger partial charge in [0.15, 0.2) is 0 Å². The molecule has 0 radical (unpaired) electrons. The maximum absolute atomic E-state index is 12.6. The maximum atomic E-state index is 12.6. The van der Waals surface area contributed by atoms with Crippen molar-refractivity contribution in [3.05, 3.63) is 77.4 Å². The molecule has 0 aliphatic carbocycles. The Hall–Kier alpha value is -3.80. The summed E-state index contributed by atoms with van der Waals surface area (Å²) < 4.78 is 45.8. The van der Waals surface area contributed by atoms with E-state index in [2.05, 4.69) is 83.3 Å². The van der Waals surface area contributed by atoms with E-state index in [4.69, 9.17) is 18.9 Å². The zero-order valence-corrected chi connectivity index (χ0v) is 33.7. The van der Waals surface area contributed by atoms with Crippen molar-refractivity contribution in [3.8, 4) is 28.4 Å². The van der Waals surface area contributed by atoms with Crippen LogP contribution in [0.15, 0.2) is 64.5 Å². The fraction of sp³-hybridized carbons (Fsp3) is 0.475. The largest absolute Gasteiger partial charge is 0.493 e. The van der Waals surface area contributed by atoms with Crippen LogP contribution in [0.5, 0.6) is 5.75 Å². The van der Waals surface area contributed by atoms with Gasteiger partial charge in [-0.1, -0.05) is 79.4 Å². The first-order chi connectivity index (χ1) is 24.0. The number of benzene rings is 2. The van der Waals surface area contributed by atoms with Gasteiger partial charge in [0, 0.05) is 50.1 Å². The number of hydrogen-bond acceptors (Lipinski definition) is 8. The molecule has 5 aromatic rings. The summed E-state index contributed by atoms with van der Waals surface area (Å²) in [5, 5.41) is 0.746. The summed E-state index contributed by atoms with van der Waals surface area (Å²) in [6.07, 6.45) is 5.58. The van der Waals surface area contributed by atoms with E-state index in [9.17, 15) is 8.42 Å². The minimum atomic E-state index is -3.66. The van der Waals surface area contributed by atoms with Crippen LogP contribution < -0.4 is 4.74 Å². The third-order valence-corrected chi connectivity index (χ3v) is 11.6. The zero-order chi connectivity index (χ0) is 37.1. The van der Waals surface area contributed by atoms with E-state index in [1.54, 1.807) is 12.3 Å². The van der Waals surface area contributed by atoms with Gasteiger partial charge in [-0.2, -0.15) is 0 Å². The standard InChI is InChI=1S/C40H54N4O5SSi/c1-26(2)31-15-16-33(37(28(5)6)36(31)27(3)4)48-20-11-12-35-43-38(30-14-13-29-18-21-49-34(29)24-30)39(44(35)25-47-22-23-51(8,9)10)32-17-19-41-40(42-32)50(7,45)46/h13-19,21,24,26-28H,11-12,20,22-23,25H2,1-10H3. The molecule has 0 saturated carbocycles. The second kappa shape index (κ2) is 15.8. The van der Waals surface area contributed by atoms with E-state index in [0.717, 1.165) is 40.4 Å². The Balaban J connectivity index is 1.54. The average molecular weight is 731 g/mol. The van der Waals surface area contributed by atoms with Gasteiger partial charge < -0.3 is 18.5 Å². The molecule has 2 aromatic carbocycles. The summed E-state index contributed by atoms with van der Waals surface area (Å²) in [5.41, 5.74) is 7.43. The van der Waals surface area contributed by atoms with Crippen LogP contribution in [0.4, 0.5) is 0 Å². The first kappa shape index (κ1) is 38.4. The number of aryl methyl sites for hydroxylation is 1. The number of ether oxygens (including phenoxy) is 2. The van der Waals surface area contributed by atoms with Gasteiger partial charge in [-0.25, -0.2) is 23.4 Å². The number of furan rings is 1. The van der Waals surface area contributed by atoms with Crippen LogP contribution in [0.3, 0.4) is 0 Å². The number of fused-ring (bicyclic) bond motifs is 1. The molecule has 0 fully saturated rings. The molecule has 5 rings (SSSR count). The molecule has 0 atom stereocenters. The molecule has 274 valence electrons. The molecule has 0 bridgehead atoms. The Kier molecular flexibility index (Phi) is 11.9. The minimum absolute atomic E-state index is 0.236. The molecule has 0 aliphatic rings. The number of rotatable bonds is 16. The number of nitrogens with zero attached hydrogens (tertiary/aromatic N) is 4. The van der Waals surface area contributed by atoms with Crippen LogP contribution >= 0.6 is 0 Å². The van der Waals surface area contributed by atoms with Crippen molar-refractivity contribution < 1.29 is 22.3 Å². The van der Waals surface area contributed by atoms with Gasteiger partial charge in [0.2, 0.25) is 15.0 Å². The Morgan fingerprint density at radius 1 is 0.882 bits per heavy atom. The first-order valence-corrected chi connectivity index (χ1v) is 23.6. The molecular weight excluding hydrogens is 677 g/mol. The van der Waals surface area contributed by atoms with Gasteiger partial charge in [0.1, 0.15) is 23.9 Å². The van der Waals surface area contributed by atoms with E-state index < -0.39 is 17.9 Å². The lowest BCUT2D eigenvalue weighted by atomic mass is 9.83. The summed E-state index contributed by atoms with van der Waals surface area (Å²) in [4.78, 5) is 13.8. The van der Waals surface area contributed by atoms with Crippen LogP contribution in [0.2, 0.25) is 25.7 Å². The molecule has 9 nitrogen and oxygen atoms in total. The quantitative estimate of drug-likeness (QED) is 0.0561. The lowest BCUT2D eigenvalue weighted by molar-refractivity contribution is 0.0860. The zero-order valence-electron chi connectivity index (χ0n) is 31.9. The molecule has 0 amide bonds. The number of hydrogen-bond donors (Lipinski definition) is 0. The van der Waals surface area contributed by atoms with Crippen LogP contribution in [0.25, 0.3) is 33.6 Å². The Morgan fingerprint density at radius 3 is 2.29 bits per heavy atom. The second-order valence-electron chi connectivity index (χ2n) is 15.6. The fourth-order valence-corrected chi connectivity index (χ4v) is 7.77. The molecule has 0 aliphatic heterocycles. The summed E-state index contributed by atoms with van der Waals surface area (Å²) in [7, 11) is -4.99. The van der Waals surface area contributed by atoms with Crippen LogP contribution in [0.1, 0.15) is 88.2 Å². The van der Waals surface area contributed by atoms with E-state index in [1.165, 1.54) is 22.9 Å². The Morgan fingerprint density at radius 2 is 1.63 bits per heavy atom. The molecule has 0 spiro atoms. The predicted octanol–water partition coefficient (Wildman–Crippen LogP) is 9.85. The van der Waals surface area contributed by atoms with Gasteiger partial charge in [0.25, 0.3) is 0 Å². The lowest BCUT2D eigenvalue weighted by Crippen LogP contribution is -2.22. The van der Waals surface area contributed by atoms with Crippen molar-refractivity contribution in [1.29, 1.82) is 0 Å². The molecular formula is C40H54N4O5SSi. The number of aromatic nitrogens is 4. The summed E-state index contributed by atoms with van der Waals surface area (Å²) >= 11 is 0. The highest BCUT2D eigenvalue weighted by Gasteiger charge is 2.25. The van der Waals surface area contributed by atoms with Crippen LogP contribution in [-0.2, 0) is 27.7 Å². The third kappa shape index (κ3) is 9.17. The minimum Gasteiger partial charge on any atom is -0.493 e. The van der Waals surface area contributed by atoms with Crippen LogP contribution in [-0.4, -0.2) is 55.5 Å². The second-order valence-corrected chi connectivity index (χ2v) is 23.1. The van der Waals surface area contributed by atoms with E-state index >= 15 is 0 Å². The maximum Gasteiger partial charge on any atom is 0.247 e. The fourth-order valence-electron chi connectivity index (χ4n) is 6.49. The number of imidazole rings is 1. The van der Waals surface area contributed by atoms with Crippen molar-refractivity contribution in [2.45, 2.75) is 110 Å². The molecule has 0 unspecified atom stereocenters. The highest BCUT2D eigenvalue weighted by Crippen LogP contribution is 2.39. The monoisotopic (exact) mass is 730 g/mol. The summed E-state index contributed by atoms with van der Waals surface area (Å²) in [6, 6.07) is 15.0. The van der Waals surface area contributed by atoms with Crippen molar-refractivity contribution >= 4 is 28.9 Å². The molecule has 3 heterocycles. The van der Waals surface area contributed by atoms with Crippen molar-refractivity contribution in [1.82, 2.24) is 19.5 Å². The topological polar surface area (TPSA) is 109 Å². The van der Waals surface area contributed by atoms with E-state index in [-0.39, 0.29) is 11.9 Å². The van der Waals surface area contributed by atoms with E-state index in [1.807, 2.05) is 28.8 Å². The van der Waals surface area contributed by atoms with Gasteiger partial charge in [-0.15, -0.1) is 0 Å². The summed E-state index contributed by atoms with van der Waals surface area (Å²) in [5.74, 6) is 2.89.